The highest BCUT2D eigenvalue weighted by atomic mass is 32.2. The average Bonchev–Trinajstić information content (AvgIpc) is 3.78. The molecule has 0 saturated heterocycles. The molecular formula is C36H46N2O9S. The molecule has 0 spiro atoms. The van der Waals surface area contributed by atoms with Gasteiger partial charge in [0, 0.05) is 41.4 Å². The van der Waals surface area contributed by atoms with Crippen molar-refractivity contribution in [3.63, 3.8) is 0 Å². The van der Waals surface area contributed by atoms with E-state index in [2.05, 4.69) is 5.32 Å². The summed E-state index contributed by atoms with van der Waals surface area (Å²) in [5.74, 6) is -7.92. The Hall–Kier alpha value is -3.35. The van der Waals surface area contributed by atoms with Crippen molar-refractivity contribution >= 4 is 41.0 Å². The predicted molar refractivity (Wildman–Crippen MR) is 179 cm³/mol. The fraction of sp³-hybridized carbons (Fsp3) is 0.611. The molecular weight excluding hydrogens is 636 g/mol. The quantitative estimate of drug-likeness (QED) is 0.189. The van der Waals surface area contributed by atoms with E-state index in [1.807, 2.05) is 0 Å². The zero-order valence-electron chi connectivity index (χ0n) is 27.7. The van der Waals surface area contributed by atoms with Crippen molar-refractivity contribution in [2.75, 3.05) is 26.4 Å². The Kier molecular flexibility index (Phi) is 9.72. The van der Waals surface area contributed by atoms with Crippen LogP contribution in [0.15, 0.2) is 35.1 Å². The van der Waals surface area contributed by atoms with Gasteiger partial charge in [0.25, 0.3) is 5.91 Å². The lowest BCUT2D eigenvalue weighted by Crippen LogP contribution is -2.71. The van der Waals surface area contributed by atoms with Crippen molar-refractivity contribution in [1.29, 1.82) is 0 Å². The number of rotatable bonds is 9. The molecule has 12 heteroatoms. The molecule has 260 valence electrons. The zero-order valence-corrected chi connectivity index (χ0v) is 28.6. The van der Waals surface area contributed by atoms with Gasteiger partial charge in [-0.15, -0.1) is 0 Å². The van der Waals surface area contributed by atoms with Crippen LogP contribution in [-0.4, -0.2) is 98.2 Å². The Morgan fingerprint density at radius 1 is 1.04 bits per heavy atom. The summed E-state index contributed by atoms with van der Waals surface area (Å²) in [7, 11) is 3.13. The van der Waals surface area contributed by atoms with Gasteiger partial charge in [-0.1, -0.05) is 44.7 Å². The second-order valence-electron chi connectivity index (χ2n) is 14.2. The Balaban J connectivity index is 1.54. The summed E-state index contributed by atoms with van der Waals surface area (Å²) < 4.78 is 6.10. The molecule has 5 aliphatic carbocycles. The third kappa shape index (κ3) is 5.63. The smallest absolute Gasteiger partial charge is 0.305 e. The van der Waals surface area contributed by atoms with Crippen LogP contribution < -0.4 is 5.32 Å². The van der Waals surface area contributed by atoms with E-state index in [0.29, 0.717) is 16.6 Å². The average molecular weight is 683 g/mol. The van der Waals surface area contributed by atoms with E-state index < -0.39 is 76.0 Å². The lowest BCUT2D eigenvalue weighted by atomic mass is 9.54. The molecule has 6 rings (SSSR count). The Bertz CT molecular complexity index is 1560. The second-order valence-corrected chi connectivity index (χ2v) is 15.5. The number of fused-ring (bicyclic) bond motifs is 3. The van der Waals surface area contributed by atoms with E-state index in [4.69, 9.17) is 4.74 Å². The van der Waals surface area contributed by atoms with E-state index in [1.165, 1.54) is 11.0 Å². The highest BCUT2D eigenvalue weighted by Crippen LogP contribution is 2.58. The number of phenolic OH excluding ortho intramolecular Hbond substituents is 1. The molecule has 0 bridgehead atoms. The lowest BCUT2D eigenvalue weighted by molar-refractivity contribution is -0.185. The number of likely N-dealkylation sites (N-methyl/N-ethyl adjacent to an activating group) is 1. The van der Waals surface area contributed by atoms with Crippen molar-refractivity contribution in [2.24, 2.45) is 17.8 Å². The highest BCUT2D eigenvalue weighted by molar-refractivity contribution is 7.99. The molecule has 11 nitrogen and oxygen atoms in total. The normalized spacial score (nSPS) is 30.8. The molecule has 1 aromatic rings. The van der Waals surface area contributed by atoms with Gasteiger partial charge >= 0.3 is 5.97 Å². The standard InChI is InChI=1S/C36H46N2O9S/c1-4-23(40)47-32-25-21(17-48-19-12-7-8-13-19)20-14-9-15-22(39)24(20)30(41)26(25)33(43)36(46)28(32)29(38(2)3)31(42)27(34(36)44)35(45)37-16-18-10-5-6-11-18/h9,14-15,18-19,21,25,28-29,32,39,41,44,46H,4-8,10-13,16-17H2,1-3H3,(H,37,45)/t21-,25+,28+,29-,32-,36-/m1/s1. The van der Waals surface area contributed by atoms with E-state index in [1.54, 1.807) is 44.9 Å². The van der Waals surface area contributed by atoms with Crippen LogP contribution >= 0.6 is 11.8 Å². The summed E-state index contributed by atoms with van der Waals surface area (Å²) >= 11 is 1.71. The number of ether oxygens (including phenoxy) is 1. The van der Waals surface area contributed by atoms with Crippen LogP contribution in [0.3, 0.4) is 0 Å². The number of amides is 1. The minimum atomic E-state index is -2.91. The van der Waals surface area contributed by atoms with E-state index in [-0.39, 0.29) is 35.8 Å². The van der Waals surface area contributed by atoms with Crippen LogP contribution in [0.4, 0.5) is 0 Å². The zero-order chi connectivity index (χ0) is 34.5. The first-order chi connectivity index (χ1) is 22.9. The minimum absolute atomic E-state index is 0.0331. The monoisotopic (exact) mass is 682 g/mol. The number of carbonyl (C=O) groups is 4. The number of nitrogens with one attached hydrogen (secondary N) is 1. The number of phenols is 1. The maximum Gasteiger partial charge on any atom is 0.305 e. The predicted octanol–water partition coefficient (Wildman–Crippen LogP) is 3.93. The molecule has 0 aromatic heterocycles. The number of carbonyl (C=O) groups excluding carboxylic acids is 4. The highest BCUT2D eigenvalue weighted by Gasteiger charge is 2.70. The van der Waals surface area contributed by atoms with Crippen molar-refractivity contribution in [2.45, 2.75) is 93.6 Å². The van der Waals surface area contributed by atoms with Gasteiger partial charge in [0.05, 0.1) is 17.5 Å². The minimum Gasteiger partial charge on any atom is -0.508 e. The summed E-state index contributed by atoms with van der Waals surface area (Å²) in [5.41, 5.74) is -3.36. The Morgan fingerprint density at radius 3 is 2.35 bits per heavy atom. The number of benzene rings is 1. The van der Waals surface area contributed by atoms with E-state index >= 15 is 0 Å². The van der Waals surface area contributed by atoms with Gasteiger partial charge in [0.15, 0.2) is 11.4 Å². The summed E-state index contributed by atoms with van der Waals surface area (Å²) in [6, 6.07) is 3.44. The largest absolute Gasteiger partial charge is 0.508 e. The molecule has 48 heavy (non-hydrogen) atoms. The summed E-state index contributed by atoms with van der Waals surface area (Å²) in [5, 5.41) is 50.2. The Morgan fingerprint density at radius 2 is 1.71 bits per heavy atom. The SMILES string of the molecule is CCC(=O)O[C@@H]1[C@@H]2C(=C(O)c3c(O)cccc3[C@H]2CSC2CCCC2)C(=O)[C@@]2(O)C(O)=C(C(=O)NCC3CCCC3)C(=O)[C@H](N(C)C)[C@@H]12. The molecule has 5 aliphatic rings. The van der Waals surface area contributed by atoms with Crippen LogP contribution in [0, 0.1) is 17.8 Å². The van der Waals surface area contributed by atoms with Crippen LogP contribution in [0.2, 0.25) is 0 Å². The summed E-state index contributed by atoms with van der Waals surface area (Å²) in [6.45, 7) is 1.87. The van der Waals surface area contributed by atoms with Crippen molar-refractivity contribution in [3.05, 3.63) is 46.2 Å². The molecule has 0 aliphatic heterocycles. The van der Waals surface area contributed by atoms with Crippen LogP contribution in [0.5, 0.6) is 5.75 Å². The fourth-order valence-electron chi connectivity index (χ4n) is 8.76. The molecule has 5 N–H and O–H groups in total. The van der Waals surface area contributed by atoms with E-state index in [9.17, 15) is 39.6 Å². The van der Waals surface area contributed by atoms with Crippen molar-refractivity contribution in [3.8, 4) is 5.75 Å². The first-order valence-electron chi connectivity index (χ1n) is 17.2. The number of ketones is 2. The first-order valence-corrected chi connectivity index (χ1v) is 18.2. The summed E-state index contributed by atoms with van der Waals surface area (Å²) in [6.07, 6.45) is 6.73. The van der Waals surface area contributed by atoms with Gasteiger partial charge in [-0.3, -0.25) is 24.1 Å². The van der Waals surface area contributed by atoms with Gasteiger partial charge in [-0.2, -0.15) is 11.8 Å². The molecule has 6 atom stereocenters. The number of esters is 1. The molecule has 3 fully saturated rings. The van der Waals surface area contributed by atoms with Gasteiger partial charge in [-0.25, -0.2) is 0 Å². The number of hydrogen-bond donors (Lipinski definition) is 5. The molecule has 1 amide bonds. The number of aliphatic hydroxyl groups is 3. The van der Waals surface area contributed by atoms with Crippen LogP contribution in [0.1, 0.15) is 81.8 Å². The molecule has 1 aromatic carbocycles. The molecule has 0 radical (unpaired) electrons. The van der Waals surface area contributed by atoms with Crippen LogP contribution in [-0.2, 0) is 23.9 Å². The maximum atomic E-state index is 14.8. The van der Waals surface area contributed by atoms with Crippen LogP contribution in [0.25, 0.3) is 5.76 Å². The fourth-order valence-corrected chi connectivity index (χ4v) is 10.3. The Labute approximate surface area is 284 Å². The van der Waals surface area contributed by atoms with Crippen molar-refractivity contribution < 1.29 is 44.3 Å². The number of hydrogen-bond acceptors (Lipinski definition) is 11. The van der Waals surface area contributed by atoms with Gasteiger partial charge < -0.3 is 30.5 Å². The first kappa shape index (κ1) is 34.5. The number of Topliss-reactive ketones (excluding diaryl/α,β-unsaturated/α-hetero) is 2. The maximum absolute atomic E-state index is 14.8. The van der Waals surface area contributed by atoms with E-state index in [0.717, 1.165) is 51.4 Å². The second kappa shape index (κ2) is 13.5. The van der Waals surface area contributed by atoms with Gasteiger partial charge in [0.2, 0.25) is 5.78 Å². The third-order valence-corrected chi connectivity index (χ3v) is 12.6. The number of thioether (sulfide) groups is 1. The number of aromatic hydroxyl groups is 1. The lowest BCUT2D eigenvalue weighted by Gasteiger charge is -2.55. The van der Waals surface area contributed by atoms with Crippen molar-refractivity contribution in [1.82, 2.24) is 10.2 Å². The molecule has 3 saturated carbocycles. The third-order valence-electron chi connectivity index (χ3n) is 11.1. The summed E-state index contributed by atoms with van der Waals surface area (Å²) in [4.78, 5) is 57.3. The van der Waals surface area contributed by atoms with Gasteiger partial charge in [0.1, 0.15) is 28.9 Å². The number of aliphatic hydroxyl groups excluding tert-OH is 2. The molecule has 0 heterocycles. The topological polar surface area (TPSA) is 174 Å². The molecule has 0 unspecified atom stereocenters. The number of nitrogens with zero attached hydrogens (tertiary/aromatic N) is 1. The van der Waals surface area contributed by atoms with Gasteiger partial charge in [-0.05, 0) is 57.3 Å².